The molecular weight excluding hydrogens is 444 g/mol. The van der Waals surface area contributed by atoms with Gasteiger partial charge in [0.05, 0.1) is 11.0 Å². The molecule has 1 aliphatic rings. The lowest BCUT2D eigenvalue weighted by Gasteiger charge is -2.15. The number of pyridine rings is 1. The zero-order valence-electron chi connectivity index (χ0n) is 19.6. The Kier molecular flexibility index (Phi) is 6.05. The van der Waals surface area contributed by atoms with E-state index in [2.05, 4.69) is 15.6 Å². The minimum Gasteiger partial charge on any atom is -0.457 e. The van der Waals surface area contributed by atoms with Crippen LogP contribution in [0.5, 0.6) is 11.5 Å². The highest BCUT2D eigenvalue weighted by Gasteiger charge is 2.19. The number of imidazole rings is 1. The Hall–Kier alpha value is -4.40. The van der Waals surface area contributed by atoms with Crippen molar-refractivity contribution in [1.82, 2.24) is 24.8 Å². The SMILES string of the molecule is CNC(=O)c1cc(Oc2ccc3c(c2)nc(Nc2ccc(C(=O)N4CCCC4)cc2)n3C)ccn1. The van der Waals surface area contributed by atoms with Crippen molar-refractivity contribution in [3.8, 4) is 11.5 Å². The molecule has 4 aromatic rings. The molecule has 1 aliphatic heterocycles. The van der Waals surface area contributed by atoms with Gasteiger partial charge < -0.3 is 24.8 Å². The van der Waals surface area contributed by atoms with Crippen molar-refractivity contribution in [2.75, 3.05) is 25.5 Å². The first-order valence-electron chi connectivity index (χ1n) is 11.5. The van der Waals surface area contributed by atoms with E-state index >= 15 is 0 Å². The van der Waals surface area contributed by atoms with Gasteiger partial charge >= 0.3 is 0 Å². The lowest BCUT2D eigenvalue weighted by Crippen LogP contribution is -2.27. The molecule has 1 saturated heterocycles. The van der Waals surface area contributed by atoms with Gasteiger partial charge in [-0.05, 0) is 55.3 Å². The Morgan fingerprint density at radius 1 is 0.971 bits per heavy atom. The topological polar surface area (TPSA) is 101 Å². The summed E-state index contributed by atoms with van der Waals surface area (Å²) in [4.78, 5) is 35.1. The third-order valence-electron chi connectivity index (χ3n) is 6.06. The van der Waals surface area contributed by atoms with Crippen LogP contribution in [-0.4, -0.2) is 51.4 Å². The molecule has 0 radical (unpaired) electrons. The summed E-state index contributed by atoms with van der Waals surface area (Å²) in [6, 6.07) is 16.4. The fourth-order valence-corrected chi connectivity index (χ4v) is 4.15. The summed E-state index contributed by atoms with van der Waals surface area (Å²) in [7, 11) is 3.49. The van der Waals surface area contributed by atoms with E-state index in [1.54, 1.807) is 19.2 Å². The Morgan fingerprint density at radius 3 is 2.46 bits per heavy atom. The number of fused-ring (bicyclic) bond motifs is 1. The number of anilines is 2. The van der Waals surface area contributed by atoms with Crippen LogP contribution < -0.4 is 15.4 Å². The third kappa shape index (κ3) is 4.65. The van der Waals surface area contributed by atoms with Crippen molar-refractivity contribution >= 4 is 34.5 Å². The van der Waals surface area contributed by atoms with E-state index in [0.717, 1.165) is 42.7 Å². The van der Waals surface area contributed by atoms with Crippen LogP contribution in [0.15, 0.2) is 60.8 Å². The van der Waals surface area contributed by atoms with Gasteiger partial charge in [-0.25, -0.2) is 4.98 Å². The summed E-state index contributed by atoms with van der Waals surface area (Å²) in [6.07, 6.45) is 3.68. The molecule has 3 heterocycles. The zero-order chi connectivity index (χ0) is 24.4. The molecular formula is C26H26N6O3. The van der Waals surface area contributed by atoms with Crippen molar-refractivity contribution in [2.45, 2.75) is 12.8 Å². The van der Waals surface area contributed by atoms with Gasteiger partial charge in [-0.15, -0.1) is 0 Å². The number of nitrogens with one attached hydrogen (secondary N) is 2. The molecule has 35 heavy (non-hydrogen) atoms. The van der Waals surface area contributed by atoms with Crippen molar-refractivity contribution < 1.29 is 14.3 Å². The molecule has 9 nitrogen and oxygen atoms in total. The highest BCUT2D eigenvalue weighted by molar-refractivity contribution is 5.95. The van der Waals surface area contributed by atoms with Crippen molar-refractivity contribution in [2.24, 2.45) is 7.05 Å². The number of aryl methyl sites for hydroxylation is 1. The second kappa shape index (κ2) is 9.46. The van der Waals surface area contributed by atoms with Crippen LogP contribution in [-0.2, 0) is 7.05 Å². The van der Waals surface area contributed by atoms with Crippen molar-refractivity contribution in [1.29, 1.82) is 0 Å². The number of nitrogens with zero attached hydrogens (tertiary/aromatic N) is 4. The quantitative estimate of drug-likeness (QED) is 0.440. The monoisotopic (exact) mass is 470 g/mol. The van der Waals surface area contributed by atoms with Gasteiger partial charge in [-0.2, -0.15) is 0 Å². The number of ether oxygens (including phenoxy) is 1. The maximum atomic E-state index is 12.6. The molecule has 0 aliphatic carbocycles. The van der Waals surface area contributed by atoms with Crippen LogP contribution in [0.2, 0.25) is 0 Å². The Morgan fingerprint density at radius 2 is 1.71 bits per heavy atom. The average molecular weight is 471 g/mol. The molecule has 1 fully saturated rings. The van der Waals surface area contributed by atoms with Crippen LogP contribution in [0.25, 0.3) is 11.0 Å². The lowest BCUT2D eigenvalue weighted by molar-refractivity contribution is 0.0792. The molecule has 2 aromatic carbocycles. The summed E-state index contributed by atoms with van der Waals surface area (Å²) < 4.78 is 7.90. The van der Waals surface area contributed by atoms with Crippen molar-refractivity contribution in [3.63, 3.8) is 0 Å². The second-order valence-corrected chi connectivity index (χ2v) is 8.40. The molecule has 2 N–H and O–H groups in total. The largest absolute Gasteiger partial charge is 0.457 e. The average Bonchev–Trinajstić information content (AvgIpc) is 3.52. The smallest absolute Gasteiger partial charge is 0.269 e. The molecule has 0 saturated carbocycles. The Balaban J connectivity index is 1.32. The minimum atomic E-state index is -0.278. The normalized spacial score (nSPS) is 13.1. The highest BCUT2D eigenvalue weighted by Crippen LogP contribution is 2.28. The summed E-state index contributed by atoms with van der Waals surface area (Å²) >= 11 is 0. The number of hydrogen-bond acceptors (Lipinski definition) is 6. The molecule has 2 aromatic heterocycles. The number of carbonyl (C=O) groups is 2. The fourth-order valence-electron chi connectivity index (χ4n) is 4.15. The van der Waals surface area contributed by atoms with Gasteiger partial charge in [0.15, 0.2) is 0 Å². The van der Waals surface area contributed by atoms with Gasteiger partial charge in [0, 0.05) is 56.8 Å². The molecule has 2 amide bonds. The van der Waals surface area contributed by atoms with Crippen LogP contribution >= 0.6 is 0 Å². The van der Waals surface area contributed by atoms with E-state index in [9.17, 15) is 9.59 Å². The molecule has 0 bridgehead atoms. The van der Waals surface area contributed by atoms with E-state index in [1.807, 2.05) is 59.0 Å². The van der Waals surface area contributed by atoms with Crippen LogP contribution in [0.1, 0.15) is 33.7 Å². The van der Waals surface area contributed by atoms with Gasteiger partial charge in [0.1, 0.15) is 17.2 Å². The summed E-state index contributed by atoms with van der Waals surface area (Å²) in [5.74, 6) is 1.58. The zero-order valence-corrected chi connectivity index (χ0v) is 19.6. The summed E-state index contributed by atoms with van der Waals surface area (Å²) in [6.45, 7) is 1.67. The van der Waals surface area contributed by atoms with Crippen LogP contribution in [0.3, 0.4) is 0 Å². The van der Waals surface area contributed by atoms with Crippen LogP contribution in [0.4, 0.5) is 11.6 Å². The number of likely N-dealkylation sites (tertiary alicyclic amines) is 1. The summed E-state index contributed by atoms with van der Waals surface area (Å²) in [5, 5.41) is 5.88. The Bertz CT molecular complexity index is 1390. The van der Waals surface area contributed by atoms with E-state index in [0.29, 0.717) is 23.0 Å². The van der Waals surface area contributed by atoms with Gasteiger partial charge in [-0.1, -0.05) is 0 Å². The lowest BCUT2D eigenvalue weighted by atomic mass is 10.2. The minimum absolute atomic E-state index is 0.0842. The maximum absolute atomic E-state index is 12.6. The molecule has 5 rings (SSSR count). The predicted octanol–water partition coefficient (Wildman–Crippen LogP) is 4.10. The standard InChI is InChI=1S/C26H26N6O3/c1-27-24(33)22-16-20(11-12-28-22)35-19-9-10-23-21(15-19)30-26(31(23)2)29-18-7-5-17(6-8-18)25(34)32-13-3-4-14-32/h5-12,15-16H,3-4,13-14H2,1-2H3,(H,27,33)(H,29,30). The molecule has 0 unspecified atom stereocenters. The molecule has 9 heteroatoms. The highest BCUT2D eigenvalue weighted by atomic mass is 16.5. The maximum Gasteiger partial charge on any atom is 0.269 e. The fraction of sp³-hybridized carbons (Fsp3) is 0.231. The first-order valence-corrected chi connectivity index (χ1v) is 11.5. The number of aromatic nitrogens is 3. The van der Waals surface area contributed by atoms with Crippen LogP contribution in [0, 0.1) is 0 Å². The first kappa shape index (κ1) is 22.4. The number of carbonyl (C=O) groups excluding carboxylic acids is 2. The second-order valence-electron chi connectivity index (χ2n) is 8.40. The van der Waals surface area contributed by atoms with Crippen molar-refractivity contribution in [3.05, 3.63) is 72.1 Å². The number of hydrogen-bond donors (Lipinski definition) is 2. The van der Waals surface area contributed by atoms with Gasteiger partial charge in [-0.3, -0.25) is 14.6 Å². The van der Waals surface area contributed by atoms with E-state index in [-0.39, 0.29) is 17.5 Å². The van der Waals surface area contributed by atoms with Gasteiger partial charge in [0.25, 0.3) is 11.8 Å². The third-order valence-corrected chi connectivity index (χ3v) is 6.06. The van der Waals surface area contributed by atoms with E-state index in [4.69, 9.17) is 9.72 Å². The van der Waals surface area contributed by atoms with E-state index < -0.39 is 0 Å². The first-order chi connectivity index (χ1) is 17.0. The van der Waals surface area contributed by atoms with E-state index in [1.165, 1.54) is 6.20 Å². The molecule has 0 spiro atoms. The predicted molar refractivity (Wildman–Crippen MR) is 133 cm³/mol. The number of rotatable bonds is 6. The number of benzene rings is 2. The molecule has 0 atom stereocenters. The Labute approximate surface area is 202 Å². The molecule has 178 valence electrons. The summed E-state index contributed by atoms with van der Waals surface area (Å²) in [5.41, 5.74) is 3.51. The number of amides is 2. The van der Waals surface area contributed by atoms with Gasteiger partial charge in [0.2, 0.25) is 5.95 Å².